The first-order valence-corrected chi connectivity index (χ1v) is 8.09. The lowest BCUT2D eigenvalue weighted by molar-refractivity contribution is -0.384. The summed E-state index contributed by atoms with van der Waals surface area (Å²) in [7, 11) is 0. The number of amides is 1. The summed E-state index contributed by atoms with van der Waals surface area (Å²) in [5.74, 6) is 0.366. The lowest BCUT2D eigenvalue weighted by Gasteiger charge is -2.09. The summed E-state index contributed by atoms with van der Waals surface area (Å²) in [6.07, 6.45) is 0.255. The van der Waals surface area contributed by atoms with E-state index in [9.17, 15) is 14.9 Å². The fourth-order valence-corrected chi connectivity index (χ4v) is 2.58. The Hall–Kier alpha value is -3.48. The SMILES string of the molecule is Cc1ccc(CC(=O)Nc2cc(C)nn2-c2ccc([N+](=O)[O-])cc2)cc1. The molecule has 26 heavy (non-hydrogen) atoms. The molecule has 0 saturated heterocycles. The molecule has 0 saturated carbocycles. The maximum absolute atomic E-state index is 12.4. The Morgan fingerprint density at radius 1 is 1.12 bits per heavy atom. The standard InChI is InChI=1S/C19H18N4O3/c1-13-3-5-15(6-4-13)12-19(24)20-18-11-14(2)21-22(18)16-7-9-17(10-8-16)23(25)26/h3-11H,12H2,1-2H3,(H,20,24). The predicted octanol–water partition coefficient (Wildman–Crippen LogP) is 3.58. The van der Waals surface area contributed by atoms with Crippen LogP contribution in [-0.4, -0.2) is 20.6 Å². The number of hydrogen-bond acceptors (Lipinski definition) is 4. The summed E-state index contributed by atoms with van der Waals surface area (Å²) in [5.41, 5.74) is 3.43. The lowest BCUT2D eigenvalue weighted by Crippen LogP contribution is -2.17. The second kappa shape index (κ2) is 7.18. The van der Waals surface area contributed by atoms with Crippen LogP contribution in [0.1, 0.15) is 16.8 Å². The zero-order valence-corrected chi connectivity index (χ0v) is 14.5. The largest absolute Gasteiger partial charge is 0.310 e. The Labute approximate surface area is 150 Å². The van der Waals surface area contributed by atoms with Crippen LogP contribution in [0.25, 0.3) is 5.69 Å². The molecular formula is C19H18N4O3. The summed E-state index contributed by atoms with van der Waals surface area (Å²) in [4.78, 5) is 22.7. The van der Waals surface area contributed by atoms with Crippen LogP contribution in [0.3, 0.4) is 0 Å². The molecule has 132 valence electrons. The lowest BCUT2D eigenvalue weighted by atomic mass is 10.1. The highest BCUT2D eigenvalue weighted by Crippen LogP contribution is 2.20. The highest BCUT2D eigenvalue weighted by atomic mass is 16.6. The van der Waals surface area contributed by atoms with Gasteiger partial charge in [0.05, 0.1) is 22.7 Å². The van der Waals surface area contributed by atoms with Gasteiger partial charge in [-0.05, 0) is 31.5 Å². The first kappa shape index (κ1) is 17.3. The van der Waals surface area contributed by atoms with Gasteiger partial charge in [0.1, 0.15) is 5.82 Å². The number of non-ortho nitro benzene ring substituents is 1. The van der Waals surface area contributed by atoms with E-state index in [0.29, 0.717) is 11.5 Å². The molecule has 0 spiro atoms. The molecule has 0 aliphatic heterocycles. The minimum atomic E-state index is -0.456. The van der Waals surface area contributed by atoms with Gasteiger partial charge in [0.25, 0.3) is 5.69 Å². The minimum absolute atomic E-state index is 0.00239. The zero-order chi connectivity index (χ0) is 18.7. The quantitative estimate of drug-likeness (QED) is 0.562. The van der Waals surface area contributed by atoms with Crippen LogP contribution < -0.4 is 5.32 Å². The van der Waals surface area contributed by atoms with Crippen LogP contribution in [0.4, 0.5) is 11.5 Å². The van der Waals surface area contributed by atoms with Gasteiger partial charge in [-0.25, -0.2) is 4.68 Å². The third kappa shape index (κ3) is 3.94. The van der Waals surface area contributed by atoms with E-state index in [0.717, 1.165) is 16.8 Å². The molecule has 0 atom stereocenters. The van der Waals surface area contributed by atoms with Crippen LogP contribution in [-0.2, 0) is 11.2 Å². The highest BCUT2D eigenvalue weighted by molar-refractivity contribution is 5.91. The summed E-state index contributed by atoms with van der Waals surface area (Å²) in [6, 6.07) is 15.5. The van der Waals surface area contributed by atoms with Crippen LogP contribution in [0, 0.1) is 24.0 Å². The van der Waals surface area contributed by atoms with Gasteiger partial charge < -0.3 is 5.32 Å². The number of benzene rings is 2. The molecule has 0 aliphatic carbocycles. The van der Waals surface area contributed by atoms with Crippen LogP contribution in [0.5, 0.6) is 0 Å². The fraction of sp³-hybridized carbons (Fsp3) is 0.158. The van der Waals surface area contributed by atoms with Gasteiger partial charge in [0, 0.05) is 18.2 Å². The number of nitrogens with zero attached hydrogens (tertiary/aromatic N) is 3. The number of rotatable bonds is 5. The number of aryl methyl sites for hydroxylation is 2. The molecule has 2 aromatic carbocycles. The number of hydrogen-bond donors (Lipinski definition) is 1. The van der Waals surface area contributed by atoms with Gasteiger partial charge in [-0.15, -0.1) is 0 Å². The second-order valence-corrected chi connectivity index (χ2v) is 6.07. The topological polar surface area (TPSA) is 90.1 Å². The summed E-state index contributed by atoms with van der Waals surface area (Å²) >= 11 is 0. The van der Waals surface area contributed by atoms with E-state index >= 15 is 0 Å². The Bertz CT molecular complexity index is 944. The van der Waals surface area contributed by atoms with Crippen molar-refractivity contribution in [3.8, 4) is 5.69 Å². The van der Waals surface area contributed by atoms with Crippen LogP contribution in [0.2, 0.25) is 0 Å². The Morgan fingerprint density at radius 2 is 1.77 bits per heavy atom. The van der Waals surface area contributed by atoms with Gasteiger partial charge in [-0.1, -0.05) is 29.8 Å². The molecule has 0 radical (unpaired) electrons. The van der Waals surface area contributed by atoms with Crippen molar-refractivity contribution in [2.75, 3.05) is 5.32 Å². The van der Waals surface area contributed by atoms with Crippen LogP contribution in [0.15, 0.2) is 54.6 Å². The molecule has 7 nitrogen and oxygen atoms in total. The number of nitro groups is 1. The molecule has 0 fully saturated rings. The van der Waals surface area contributed by atoms with E-state index in [1.165, 1.54) is 12.1 Å². The number of carbonyl (C=O) groups excluding carboxylic acids is 1. The number of nitrogens with one attached hydrogen (secondary N) is 1. The molecule has 0 bridgehead atoms. The Morgan fingerprint density at radius 3 is 2.38 bits per heavy atom. The number of carbonyl (C=O) groups is 1. The van der Waals surface area contributed by atoms with Crippen molar-refractivity contribution in [3.63, 3.8) is 0 Å². The van der Waals surface area contributed by atoms with Crippen LogP contribution >= 0.6 is 0 Å². The fourth-order valence-electron chi connectivity index (χ4n) is 2.58. The number of aromatic nitrogens is 2. The van der Waals surface area contributed by atoms with E-state index in [-0.39, 0.29) is 18.0 Å². The van der Waals surface area contributed by atoms with E-state index in [2.05, 4.69) is 10.4 Å². The summed E-state index contributed by atoms with van der Waals surface area (Å²) in [6.45, 7) is 3.81. The third-order valence-corrected chi connectivity index (χ3v) is 3.89. The molecular weight excluding hydrogens is 332 g/mol. The highest BCUT2D eigenvalue weighted by Gasteiger charge is 2.13. The average molecular weight is 350 g/mol. The maximum atomic E-state index is 12.4. The first-order valence-electron chi connectivity index (χ1n) is 8.09. The van der Waals surface area contributed by atoms with E-state index in [4.69, 9.17) is 0 Å². The molecule has 3 aromatic rings. The first-order chi connectivity index (χ1) is 12.4. The van der Waals surface area contributed by atoms with Crippen molar-refractivity contribution in [2.45, 2.75) is 20.3 Å². The van der Waals surface area contributed by atoms with E-state index in [1.54, 1.807) is 22.9 Å². The summed E-state index contributed by atoms with van der Waals surface area (Å²) < 4.78 is 1.56. The maximum Gasteiger partial charge on any atom is 0.269 e. The van der Waals surface area contributed by atoms with Crippen molar-refractivity contribution in [3.05, 3.63) is 81.5 Å². The Balaban J connectivity index is 1.79. The van der Waals surface area contributed by atoms with Gasteiger partial charge in [0.2, 0.25) is 5.91 Å². The van der Waals surface area contributed by atoms with Crippen molar-refractivity contribution < 1.29 is 9.72 Å². The monoisotopic (exact) mass is 350 g/mol. The van der Waals surface area contributed by atoms with E-state index < -0.39 is 4.92 Å². The molecule has 0 unspecified atom stereocenters. The molecule has 3 rings (SSSR count). The van der Waals surface area contributed by atoms with Gasteiger partial charge in [-0.2, -0.15) is 5.10 Å². The normalized spacial score (nSPS) is 10.5. The Kier molecular flexibility index (Phi) is 4.79. The smallest absolute Gasteiger partial charge is 0.269 e. The van der Waals surface area contributed by atoms with Gasteiger partial charge in [-0.3, -0.25) is 14.9 Å². The minimum Gasteiger partial charge on any atom is -0.310 e. The van der Waals surface area contributed by atoms with E-state index in [1.807, 2.05) is 38.1 Å². The number of nitro benzene ring substituents is 1. The molecule has 1 amide bonds. The third-order valence-electron chi connectivity index (χ3n) is 3.89. The zero-order valence-electron chi connectivity index (χ0n) is 14.5. The van der Waals surface area contributed by atoms with Crippen molar-refractivity contribution >= 4 is 17.4 Å². The van der Waals surface area contributed by atoms with Crippen molar-refractivity contribution in [1.29, 1.82) is 0 Å². The van der Waals surface area contributed by atoms with Crippen molar-refractivity contribution in [1.82, 2.24) is 9.78 Å². The molecule has 0 aliphatic rings. The predicted molar refractivity (Wildman–Crippen MR) is 98.5 cm³/mol. The number of anilines is 1. The summed E-state index contributed by atoms with van der Waals surface area (Å²) in [5, 5.41) is 18.0. The van der Waals surface area contributed by atoms with Crippen molar-refractivity contribution in [2.24, 2.45) is 0 Å². The molecule has 1 heterocycles. The molecule has 7 heteroatoms. The second-order valence-electron chi connectivity index (χ2n) is 6.07. The molecule has 1 aromatic heterocycles. The average Bonchev–Trinajstić information content (AvgIpc) is 2.97. The van der Waals surface area contributed by atoms with Gasteiger partial charge >= 0.3 is 0 Å². The van der Waals surface area contributed by atoms with Gasteiger partial charge in [0.15, 0.2) is 0 Å². The molecule has 1 N–H and O–H groups in total.